The van der Waals surface area contributed by atoms with Gasteiger partial charge in [-0.05, 0) is 49.6 Å². The number of aryl methyl sites for hydroxylation is 1. The van der Waals surface area contributed by atoms with Crippen LogP contribution in [0, 0.1) is 12.8 Å². The van der Waals surface area contributed by atoms with Crippen LogP contribution in [-0.2, 0) is 4.79 Å². The van der Waals surface area contributed by atoms with E-state index in [0.717, 1.165) is 31.5 Å². The summed E-state index contributed by atoms with van der Waals surface area (Å²) in [6, 6.07) is 15.3. The minimum atomic E-state index is -0.183. The molecule has 0 unspecified atom stereocenters. The van der Waals surface area contributed by atoms with Crippen molar-refractivity contribution in [1.82, 2.24) is 9.80 Å². The number of likely N-dealkylation sites (tertiary alicyclic amines) is 2. The number of hydrogen-bond donors (Lipinski definition) is 0. The quantitative estimate of drug-likeness (QED) is 0.782. The molecule has 2 amide bonds. The molecule has 146 valence electrons. The van der Waals surface area contributed by atoms with Crippen LogP contribution in [-0.4, -0.2) is 47.8 Å². The molecule has 5 heteroatoms. The average molecular weight is 397 g/mol. The maximum Gasteiger partial charge on any atom is 0.253 e. The van der Waals surface area contributed by atoms with Crippen molar-refractivity contribution >= 4 is 23.4 Å². The third-order valence-corrected chi connectivity index (χ3v) is 6.19. The lowest BCUT2D eigenvalue weighted by Gasteiger charge is -2.24. The topological polar surface area (TPSA) is 40.6 Å². The summed E-state index contributed by atoms with van der Waals surface area (Å²) in [6.45, 7) is 4.76. The molecule has 4 nitrogen and oxygen atoms in total. The number of halogens is 1. The molecule has 0 aromatic heterocycles. The van der Waals surface area contributed by atoms with Crippen molar-refractivity contribution in [2.24, 2.45) is 5.92 Å². The smallest absolute Gasteiger partial charge is 0.253 e. The molecule has 2 aromatic carbocycles. The van der Waals surface area contributed by atoms with Crippen LogP contribution in [0.15, 0.2) is 48.5 Å². The fourth-order valence-corrected chi connectivity index (χ4v) is 4.44. The van der Waals surface area contributed by atoms with E-state index in [1.807, 2.05) is 9.80 Å². The second-order valence-corrected chi connectivity index (χ2v) is 8.31. The maximum atomic E-state index is 13.2. The van der Waals surface area contributed by atoms with E-state index >= 15 is 0 Å². The van der Waals surface area contributed by atoms with Crippen molar-refractivity contribution in [2.45, 2.75) is 25.7 Å². The minimum absolute atomic E-state index is 0.0324. The summed E-state index contributed by atoms with van der Waals surface area (Å²) in [6.07, 6.45) is 2.14. The molecule has 0 spiro atoms. The largest absolute Gasteiger partial charge is 0.342 e. The molecule has 2 aliphatic heterocycles. The predicted octanol–water partition coefficient (Wildman–Crippen LogP) is 4.13. The Kier molecular flexibility index (Phi) is 5.40. The molecule has 0 saturated carbocycles. The second-order valence-electron chi connectivity index (χ2n) is 7.87. The van der Waals surface area contributed by atoms with Gasteiger partial charge in [-0.2, -0.15) is 0 Å². The first-order valence-corrected chi connectivity index (χ1v) is 10.3. The Labute approximate surface area is 171 Å². The zero-order chi connectivity index (χ0) is 19.7. The fraction of sp³-hybridized carbons (Fsp3) is 0.391. The van der Waals surface area contributed by atoms with Crippen LogP contribution in [0.2, 0.25) is 5.02 Å². The van der Waals surface area contributed by atoms with Crippen LogP contribution in [0.1, 0.15) is 40.2 Å². The zero-order valence-corrected chi connectivity index (χ0v) is 16.9. The molecule has 0 aliphatic carbocycles. The van der Waals surface area contributed by atoms with Crippen LogP contribution in [0.25, 0.3) is 0 Å². The number of hydrogen-bond acceptors (Lipinski definition) is 2. The van der Waals surface area contributed by atoms with E-state index in [2.05, 4.69) is 31.2 Å². The van der Waals surface area contributed by atoms with Gasteiger partial charge < -0.3 is 9.80 Å². The third-order valence-electron chi connectivity index (χ3n) is 5.94. The van der Waals surface area contributed by atoms with Crippen LogP contribution in [0.3, 0.4) is 0 Å². The van der Waals surface area contributed by atoms with E-state index in [4.69, 9.17) is 11.6 Å². The molecule has 0 bridgehead atoms. The number of amides is 2. The number of carbonyl (C=O) groups excluding carboxylic acids is 2. The highest BCUT2D eigenvalue weighted by Crippen LogP contribution is 2.35. The Morgan fingerprint density at radius 3 is 2.18 bits per heavy atom. The molecule has 0 N–H and O–H groups in total. The second kappa shape index (κ2) is 7.96. The molecule has 2 heterocycles. The highest BCUT2D eigenvalue weighted by atomic mass is 35.5. The normalized spacial score (nSPS) is 21.9. The SMILES string of the molecule is Cc1ccc([C@H]2CN(C(=O)c3ccc(Cl)cc3)C[C@H]2C(=O)N2CCCC2)cc1. The molecule has 0 radical (unpaired) electrons. The van der Waals surface area contributed by atoms with Crippen LogP contribution in [0.5, 0.6) is 0 Å². The lowest BCUT2D eigenvalue weighted by atomic mass is 9.87. The summed E-state index contributed by atoms with van der Waals surface area (Å²) < 4.78 is 0. The minimum Gasteiger partial charge on any atom is -0.342 e. The summed E-state index contributed by atoms with van der Waals surface area (Å²) in [4.78, 5) is 30.1. The first kappa shape index (κ1) is 19.0. The fourth-order valence-electron chi connectivity index (χ4n) is 4.32. The van der Waals surface area contributed by atoms with Gasteiger partial charge in [0, 0.05) is 42.7 Å². The Morgan fingerprint density at radius 1 is 0.893 bits per heavy atom. The van der Waals surface area contributed by atoms with E-state index in [1.54, 1.807) is 24.3 Å². The van der Waals surface area contributed by atoms with Gasteiger partial charge in [-0.25, -0.2) is 0 Å². The number of nitrogens with zero attached hydrogens (tertiary/aromatic N) is 2. The van der Waals surface area contributed by atoms with E-state index in [0.29, 0.717) is 23.7 Å². The van der Waals surface area contributed by atoms with Gasteiger partial charge in [0.25, 0.3) is 5.91 Å². The lowest BCUT2D eigenvalue weighted by Crippen LogP contribution is -2.37. The molecule has 2 atom stereocenters. The van der Waals surface area contributed by atoms with Gasteiger partial charge in [0.1, 0.15) is 0 Å². The average Bonchev–Trinajstić information content (AvgIpc) is 3.38. The molecule has 2 saturated heterocycles. The van der Waals surface area contributed by atoms with Gasteiger partial charge in [-0.15, -0.1) is 0 Å². The highest BCUT2D eigenvalue weighted by molar-refractivity contribution is 6.30. The van der Waals surface area contributed by atoms with Gasteiger partial charge in [-0.1, -0.05) is 41.4 Å². The lowest BCUT2D eigenvalue weighted by molar-refractivity contribution is -0.134. The van der Waals surface area contributed by atoms with Crippen molar-refractivity contribution in [3.05, 3.63) is 70.2 Å². The van der Waals surface area contributed by atoms with Crippen molar-refractivity contribution in [2.75, 3.05) is 26.2 Å². The Balaban J connectivity index is 1.60. The maximum absolute atomic E-state index is 13.2. The van der Waals surface area contributed by atoms with Crippen molar-refractivity contribution in [3.8, 4) is 0 Å². The van der Waals surface area contributed by atoms with Crippen LogP contribution in [0.4, 0.5) is 0 Å². The molecule has 2 aliphatic rings. The summed E-state index contributed by atoms with van der Waals surface area (Å²) in [5, 5.41) is 0.609. The number of rotatable bonds is 3. The first-order valence-electron chi connectivity index (χ1n) is 9.93. The summed E-state index contributed by atoms with van der Waals surface area (Å²) in [5.41, 5.74) is 2.94. The van der Waals surface area contributed by atoms with Crippen molar-refractivity contribution < 1.29 is 9.59 Å². The monoisotopic (exact) mass is 396 g/mol. The van der Waals surface area contributed by atoms with Crippen LogP contribution >= 0.6 is 11.6 Å². The number of benzene rings is 2. The van der Waals surface area contributed by atoms with Gasteiger partial charge in [0.15, 0.2) is 0 Å². The van der Waals surface area contributed by atoms with Gasteiger partial charge >= 0.3 is 0 Å². The van der Waals surface area contributed by atoms with Crippen LogP contribution < -0.4 is 0 Å². The number of carbonyl (C=O) groups is 2. The first-order chi connectivity index (χ1) is 13.5. The summed E-state index contributed by atoms with van der Waals surface area (Å²) in [5.74, 6) is 0.00184. The summed E-state index contributed by atoms with van der Waals surface area (Å²) >= 11 is 5.95. The standard InChI is InChI=1S/C23H25ClN2O2/c1-16-4-6-17(7-5-16)20-14-26(22(27)18-8-10-19(24)11-9-18)15-21(20)23(28)25-12-2-3-13-25/h4-11,20-21H,2-3,12-15H2,1H3/t20-,21-/m1/s1. The predicted molar refractivity (Wildman–Crippen MR) is 111 cm³/mol. The molecule has 4 rings (SSSR count). The molecular weight excluding hydrogens is 372 g/mol. The van der Waals surface area contributed by atoms with E-state index in [9.17, 15) is 9.59 Å². The Bertz CT molecular complexity index is 857. The Morgan fingerprint density at radius 2 is 1.54 bits per heavy atom. The zero-order valence-electron chi connectivity index (χ0n) is 16.1. The van der Waals surface area contributed by atoms with Gasteiger partial charge in [0.05, 0.1) is 5.92 Å². The summed E-state index contributed by atoms with van der Waals surface area (Å²) in [7, 11) is 0. The van der Waals surface area contributed by atoms with E-state index in [1.165, 1.54) is 5.56 Å². The van der Waals surface area contributed by atoms with Gasteiger partial charge in [0.2, 0.25) is 5.91 Å². The third kappa shape index (κ3) is 3.79. The molecular formula is C23H25ClN2O2. The van der Waals surface area contributed by atoms with Gasteiger partial charge in [-0.3, -0.25) is 9.59 Å². The highest BCUT2D eigenvalue weighted by Gasteiger charge is 2.42. The van der Waals surface area contributed by atoms with E-state index < -0.39 is 0 Å². The van der Waals surface area contributed by atoms with Crippen molar-refractivity contribution in [3.63, 3.8) is 0 Å². The van der Waals surface area contributed by atoms with E-state index in [-0.39, 0.29) is 23.7 Å². The molecule has 2 fully saturated rings. The molecule has 28 heavy (non-hydrogen) atoms. The van der Waals surface area contributed by atoms with Crippen molar-refractivity contribution in [1.29, 1.82) is 0 Å². The molecule has 2 aromatic rings. The Hall–Kier alpha value is -2.33.